The molecule has 0 amide bonds. The lowest BCUT2D eigenvalue weighted by Crippen LogP contribution is -2.03. The number of carbonyl (C=O) groups is 1. The van der Waals surface area contributed by atoms with Crippen molar-refractivity contribution in [3.63, 3.8) is 0 Å². The molecule has 2 nitrogen and oxygen atoms in total. The maximum atomic E-state index is 14.1. The van der Waals surface area contributed by atoms with E-state index in [-0.39, 0.29) is 17.1 Å². The van der Waals surface area contributed by atoms with Gasteiger partial charge in [-0.05, 0) is 43.0 Å². The van der Waals surface area contributed by atoms with Crippen LogP contribution in [-0.2, 0) is 12.8 Å². The van der Waals surface area contributed by atoms with E-state index in [0.717, 1.165) is 19.3 Å². The van der Waals surface area contributed by atoms with Crippen LogP contribution in [0.4, 0.5) is 4.39 Å². The third-order valence-corrected chi connectivity index (χ3v) is 4.63. The van der Waals surface area contributed by atoms with Gasteiger partial charge in [-0.2, -0.15) is 0 Å². The Morgan fingerprint density at radius 3 is 2.95 bits per heavy atom. The van der Waals surface area contributed by atoms with Crippen molar-refractivity contribution in [1.29, 1.82) is 0 Å². The summed E-state index contributed by atoms with van der Waals surface area (Å²) in [4.78, 5) is 14.2. The molecule has 4 heteroatoms. The van der Waals surface area contributed by atoms with Crippen molar-refractivity contribution in [2.24, 2.45) is 0 Å². The highest BCUT2D eigenvalue weighted by Crippen LogP contribution is 2.32. The Morgan fingerprint density at radius 1 is 1.37 bits per heavy atom. The number of thiophene rings is 1. The topological polar surface area (TPSA) is 26.3 Å². The average molecular weight is 276 g/mol. The van der Waals surface area contributed by atoms with Gasteiger partial charge in [0.15, 0.2) is 11.6 Å². The van der Waals surface area contributed by atoms with Gasteiger partial charge in [0.1, 0.15) is 0 Å². The third-order valence-electron chi connectivity index (χ3n) is 3.40. The summed E-state index contributed by atoms with van der Waals surface area (Å²) >= 11 is 1.49. The van der Waals surface area contributed by atoms with Crippen molar-refractivity contribution in [3.05, 3.63) is 51.0 Å². The Bertz CT molecular complexity index is 624. The number of aryl methyl sites for hydroxylation is 2. The second-order valence-electron chi connectivity index (χ2n) is 4.56. The summed E-state index contributed by atoms with van der Waals surface area (Å²) in [5, 5.41) is 0. The van der Waals surface area contributed by atoms with Crippen LogP contribution in [0.1, 0.15) is 32.1 Å². The molecule has 1 aliphatic rings. The third kappa shape index (κ3) is 2.06. The minimum absolute atomic E-state index is 0.0827. The Kier molecular flexibility index (Phi) is 3.11. The maximum absolute atomic E-state index is 14.1. The summed E-state index contributed by atoms with van der Waals surface area (Å²) in [6.45, 7) is 0. The van der Waals surface area contributed by atoms with Gasteiger partial charge in [0.25, 0.3) is 0 Å². The maximum Gasteiger partial charge on any atom is 0.206 e. The molecule has 1 aromatic heterocycles. The Hall–Kier alpha value is -1.68. The second kappa shape index (κ2) is 4.78. The van der Waals surface area contributed by atoms with Crippen LogP contribution in [0.5, 0.6) is 5.75 Å². The van der Waals surface area contributed by atoms with Gasteiger partial charge in [0.2, 0.25) is 5.78 Å². The fourth-order valence-corrected chi connectivity index (χ4v) is 3.63. The van der Waals surface area contributed by atoms with Crippen LogP contribution in [-0.4, -0.2) is 12.9 Å². The minimum Gasteiger partial charge on any atom is -0.494 e. The first-order chi connectivity index (χ1) is 9.20. The number of hydrogen-bond acceptors (Lipinski definition) is 3. The first kappa shape index (κ1) is 12.4. The van der Waals surface area contributed by atoms with E-state index in [0.29, 0.717) is 4.88 Å². The number of ketones is 1. The van der Waals surface area contributed by atoms with Crippen LogP contribution in [0.3, 0.4) is 0 Å². The van der Waals surface area contributed by atoms with Crippen LogP contribution in [0.2, 0.25) is 0 Å². The zero-order chi connectivity index (χ0) is 13.4. The number of hydrogen-bond donors (Lipinski definition) is 0. The quantitative estimate of drug-likeness (QED) is 0.800. The van der Waals surface area contributed by atoms with Crippen LogP contribution >= 0.6 is 11.3 Å². The van der Waals surface area contributed by atoms with Gasteiger partial charge < -0.3 is 4.74 Å². The van der Waals surface area contributed by atoms with E-state index in [1.165, 1.54) is 41.0 Å². The molecule has 0 bridgehead atoms. The summed E-state index contributed by atoms with van der Waals surface area (Å²) in [6.07, 6.45) is 3.22. The lowest BCUT2D eigenvalue weighted by Gasteiger charge is -2.05. The molecule has 19 heavy (non-hydrogen) atoms. The number of benzene rings is 1. The van der Waals surface area contributed by atoms with Crippen LogP contribution in [0.15, 0.2) is 24.3 Å². The first-order valence-electron chi connectivity index (χ1n) is 6.19. The molecule has 98 valence electrons. The number of methoxy groups -OCH3 is 1. The summed E-state index contributed by atoms with van der Waals surface area (Å²) in [6, 6.07) is 6.57. The zero-order valence-electron chi connectivity index (χ0n) is 10.5. The second-order valence-corrected chi connectivity index (χ2v) is 5.70. The molecule has 0 spiro atoms. The van der Waals surface area contributed by atoms with Gasteiger partial charge in [-0.1, -0.05) is 6.07 Å². The Labute approximate surface area is 114 Å². The average Bonchev–Trinajstić information content (AvgIpc) is 2.99. The normalized spacial score (nSPS) is 13.4. The highest BCUT2D eigenvalue weighted by Gasteiger charge is 2.22. The molecule has 0 atom stereocenters. The van der Waals surface area contributed by atoms with Crippen molar-refractivity contribution >= 4 is 17.1 Å². The van der Waals surface area contributed by atoms with Gasteiger partial charge in [0.05, 0.1) is 17.6 Å². The summed E-state index contributed by atoms with van der Waals surface area (Å²) in [7, 11) is 1.40. The van der Waals surface area contributed by atoms with E-state index < -0.39 is 5.82 Å². The smallest absolute Gasteiger partial charge is 0.206 e. The molecule has 0 N–H and O–H groups in total. The highest BCUT2D eigenvalue weighted by atomic mass is 32.1. The van der Waals surface area contributed by atoms with E-state index in [4.69, 9.17) is 4.74 Å². The molecule has 0 aliphatic heterocycles. The van der Waals surface area contributed by atoms with Crippen LogP contribution in [0, 0.1) is 5.82 Å². The number of fused-ring (bicyclic) bond motifs is 1. The van der Waals surface area contributed by atoms with Gasteiger partial charge >= 0.3 is 0 Å². The molecule has 0 radical (unpaired) electrons. The largest absolute Gasteiger partial charge is 0.494 e. The van der Waals surface area contributed by atoms with E-state index in [1.54, 1.807) is 6.07 Å². The zero-order valence-corrected chi connectivity index (χ0v) is 11.3. The van der Waals surface area contributed by atoms with Gasteiger partial charge in [0, 0.05) is 4.88 Å². The van der Waals surface area contributed by atoms with E-state index in [9.17, 15) is 9.18 Å². The van der Waals surface area contributed by atoms with Gasteiger partial charge in [-0.3, -0.25) is 4.79 Å². The van der Waals surface area contributed by atoms with Crippen molar-refractivity contribution in [2.75, 3.05) is 7.11 Å². The summed E-state index contributed by atoms with van der Waals surface area (Å²) in [5.74, 6) is -0.727. The molecule has 1 aliphatic carbocycles. The molecule has 0 saturated heterocycles. The molecular weight excluding hydrogens is 263 g/mol. The predicted molar refractivity (Wildman–Crippen MR) is 72.7 cm³/mol. The summed E-state index contributed by atoms with van der Waals surface area (Å²) < 4.78 is 19.0. The van der Waals surface area contributed by atoms with Crippen LogP contribution < -0.4 is 4.74 Å². The van der Waals surface area contributed by atoms with E-state index >= 15 is 0 Å². The van der Waals surface area contributed by atoms with Gasteiger partial charge in [-0.15, -0.1) is 11.3 Å². The van der Waals surface area contributed by atoms with Crippen molar-refractivity contribution in [2.45, 2.75) is 19.3 Å². The standard InChI is InChI=1S/C15H13FO2S/c1-18-11-6-3-5-10(14(11)16)15(17)13-8-9-4-2-7-12(9)19-13/h3,5-6,8H,2,4,7H2,1H3. The molecular formula is C15H13FO2S. The summed E-state index contributed by atoms with van der Waals surface area (Å²) in [5.41, 5.74) is 1.33. The molecule has 3 rings (SSSR count). The first-order valence-corrected chi connectivity index (χ1v) is 7.01. The minimum atomic E-state index is -0.580. The fourth-order valence-electron chi connectivity index (χ4n) is 2.42. The lowest BCUT2D eigenvalue weighted by molar-refractivity contribution is 0.103. The Balaban J connectivity index is 1.99. The van der Waals surface area contributed by atoms with E-state index in [1.807, 2.05) is 6.07 Å². The van der Waals surface area contributed by atoms with Crippen molar-refractivity contribution in [3.8, 4) is 5.75 Å². The Morgan fingerprint density at radius 2 is 2.21 bits per heavy atom. The molecule has 2 aromatic rings. The highest BCUT2D eigenvalue weighted by molar-refractivity contribution is 7.14. The molecule has 1 aromatic carbocycles. The SMILES string of the molecule is COc1cccc(C(=O)c2cc3c(s2)CCC3)c1F. The fraction of sp³-hybridized carbons (Fsp3) is 0.267. The van der Waals surface area contributed by atoms with Crippen molar-refractivity contribution in [1.82, 2.24) is 0 Å². The van der Waals surface area contributed by atoms with Crippen molar-refractivity contribution < 1.29 is 13.9 Å². The molecule has 0 saturated carbocycles. The number of carbonyl (C=O) groups excluding carboxylic acids is 1. The monoisotopic (exact) mass is 276 g/mol. The molecule has 1 heterocycles. The lowest BCUT2D eigenvalue weighted by atomic mass is 10.1. The number of halogens is 1. The number of rotatable bonds is 3. The number of ether oxygens (including phenoxy) is 1. The molecule has 0 fully saturated rings. The molecule has 0 unspecified atom stereocenters. The van der Waals surface area contributed by atoms with E-state index in [2.05, 4.69) is 0 Å². The van der Waals surface area contributed by atoms with Crippen LogP contribution in [0.25, 0.3) is 0 Å². The predicted octanol–water partition coefficient (Wildman–Crippen LogP) is 3.62. The van der Waals surface area contributed by atoms with Gasteiger partial charge in [-0.25, -0.2) is 4.39 Å².